The Morgan fingerprint density at radius 1 is 0.895 bits per heavy atom. The average molecular weight is 802 g/mol. The Kier molecular flexibility index (Phi) is 11.0. The first-order chi connectivity index (χ1) is 27.5. The van der Waals surface area contributed by atoms with E-state index in [0.717, 1.165) is 50.5 Å². The summed E-state index contributed by atoms with van der Waals surface area (Å²) in [7, 11) is -2.29. The summed E-state index contributed by atoms with van der Waals surface area (Å²) < 4.78 is 46.0. The van der Waals surface area contributed by atoms with Crippen LogP contribution < -0.4 is 24.8 Å². The van der Waals surface area contributed by atoms with Gasteiger partial charge in [0, 0.05) is 29.5 Å². The Labute approximate surface area is 332 Å². The van der Waals surface area contributed by atoms with E-state index in [-0.39, 0.29) is 25.0 Å². The zero-order valence-electron chi connectivity index (χ0n) is 32.2. The van der Waals surface area contributed by atoms with Crippen LogP contribution in [0, 0.1) is 5.92 Å². The Morgan fingerprint density at radius 2 is 1.63 bits per heavy atom. The summed E-state index contributed by atoms with van der Waals surface area (Å²) >= 11 is 0. The maximum absolute atomic E-state index is 14.6. The predicted molar refractivity (Wildman–Crippen MR) is 211 cm³/mol. The number of methoxy groups -OCH3 is 1. The first-order valence-corrected chi connectivity index (χ1v) is 21.9. The maximum Gasteiger partial charge on any atom is 0.408 e. The first-order valence-electron chi connectivity index (χ1n) is 20.4. The molecule has 5 fully saturated rings. The number of sulfonamides is 1. The molecule has 8 rings (SSSR count). The smallest absolute Gasteiger partial charge is 0.408 e. The van der Waals surface area contributed by atoms with Crippen molar-refractivity contribution >= 4 is 44.7 Å². The van der Waals surface area contributed by atoms with Crippen LogP contribution in [0.15, 0.2) is 54.6 Å². The van der Waals surface area contributed by atoms with Crippen molar-refractivity contribution in [2.45, 2.75) is 125 Å². The molecule has 3 aromatic rings. The number of alkyl carbamates (subject to hydrolysis) is 1. The molecule has 0 bridgehead atoms. The molecule has 57 heavy (non-hydrogen) atoms. The third-order valence-electron chi connectivity index (χ3n) is 12.2. The van der Waals surface area contributed by atoms with Crippen LogP contribution in [0.5, 0.6) is 11.5 Å². The highest BCUT2D eigenvalue weighted by molar-refractivity contribution is 7.91. The van der Waals surface area contributed by atoms with Crippen molar-refractivity contribution in [3.8, 4) is 22.8 Å². The highest BCUT2D eigenvalue weighted by Gasteiger charge is 2.62. The highest BCUT2D eigenvalue weighted by atomic mass is 32.2. The molecule has 304 valence electrons. The molecule has 2 aromatic carbocycles. The molecule has 1 aromatic heterocycles. The molecular formula is C42H51N5O9S. The van der Waals surface area contributed by atoms with Gasteiger partial charge in [-0.05, 0) is 75.8 Å². The molecule has 2 aliphatic heterocycles. The van der Waals surface area contributed by atoms with Crippen LogP contribution in [0.3, 0.4) is 0 Å². The van der Waals surface area contributed by atoms with E-state index >= 15 is 0 Å². The molecule has 2 saturated heterocycles. The van der Waals surface area contributed by atoms with E-state index in [9.17, 15) is 27.6 Å². The zero-order valence-corrected chi connectivity index (χ0v) is 33.1. The van der Waals surface area contributed by atoms with Crippen LogP contribution in [0.4, 0.5) is 4.79 Å². The van der Waals surface area contributed by atoms with Crippen LogP contribution in [-0.2, 0) is 29.1 Å². The third kappa shape index (κ3) is 8.53. The summed E-state index contributed by atoms with van der Waals surface area (Å²) in [6, 6.07) is 15.0. The van der Waals surface area contributed by atoms with Gasteiger partial charge in [0.15, 0.2) is 0 Å². The minimum Gasteiger partial charge on any atom is -0.497 e. The molecule has 0 radical (unpaired) electrons. The lowest BCUT2D eigenvalue weighted by Crippen LogP contribution is -2.58. The molecule has 0 spiro atoms. The second-order valence-corrected chi connectivity index (χ2v) is 18.2. The summed E-state index contributed by atoms with van der Waals surface area (Å²) in [6.45, 7) is 0.0199. The minimum absolute atomic E-state index is 0.0199. The molecule has 3 heterocycles. The maximum atomic E-state index is 14.6. The van der Waals surface area contributed by atoms with Gasteiger partial charge in [-0.2, -0.15) is 0 Å². The molecule has 3 saturated carbocycles. The topological polar surface area (TPSA) is 182 Å². The number of pyridine rings is 1. The first kappa shape index (κ1) is 38.9. The molecule has 1 unspecified atom stereocenters. The van der Waals surface area contributed by atoms with E-state index < -0.39 is 62.8 Å². The molecule has 3 aliphatic carbocycles. The Morgan fingerprint density at radius 3 is 2.37 bits per heavy atom. The quantitative estimate of drug-likeness (QED) is 0.262. The number of ether oxygens (including phenoxy) is 3. The molecule has 3 N–H and O–H groups in total. The van der Waals surface area contributed by atoms with Crippen LogP contribution in [0.2, 0.25) is 0 Å². The van der Waals surface area contributed by atoms with E-state index in [4.69, 9.17) is 19.2 Å². The lowest BCUT2D eigenvalue weighted by Gasteiger charge is -2.30. The van der Waals surface area contributed by atoms with Gasteiger partial charge >= 0.3 is 6.09 Å². The molecule has 5 aliphatic rings. The van der Waals surface area contributed by atoms with Crippen LogP contribution >= 0.6 is 0 Å². The van der Waals surface area contributed by atoms with Crippen molar-refractivity contribution < 1.29 is 41.8 Å². The summed E-state index contributed by atoms with van der Waals surface area (Å²) in [5.41, 5.74) is 0.755. The van der Waals surface area contributed by atoms with E-state index in [1.807, 2.05) is 54.6 Å². The van der Waals surface area contributed by atoms with Crippen LogP contribution in [0.1, 0.15) is 89.9 Å². The van der Waals surface area contributed by atoms with Gasteiger partial charge in [0.25, 0.3) is 5.91 Å². The number of hydrogen-bond acceptors (Lipinski definition) is 10. The number of hydrogen-bond donors (Lipinski definition) is 3. The Bertz CT molecular complexity index is 2120. The van der Waals surface area contributed by atoms with Crippen LogP contribution in [0.25, 0.3) is 22.2 Å². The fraction of sp³-hybridized carbons (Fsp3) is 0.548. The Hall–Kier alpha value is -4.92. The summed E-state index contributed by atoms with van der Waals surface area (Å²) in [4.78, 5) is 62.5. The van der Waals surface area contributed by atoms with Gasteiger partial charge in [-0.25, -0.2) is 18.2 Å². The number of rotatable bonds is 9. The van der Waals surface area contributed by atoms with Gasteiger partial charge in [-0.1, -0.05) is 56.0 Å². The molecule has 15 heteroatoms. The zero-order chi connectivity index (χ0) is 39.7. The van der Waals surface area contributed by atoms with Crippen molar-refractivity contribution in [2.75, 3.05) is 13.7 Å². The summed E-state index contributed by atoms with van der Waals surface area (Å²) in [5.74, 6) is -0.870. The summed E-state index contributed by atoms with van der Waals surface area (Å²) in [6.07, 6.45) is 7.36. The van der Waals surface area contributed by atoms with Gasteiger partial charge in [0.1, 0.15) is 41.3 Å². The number of carbonyl (C=O) groups is 4. The van der Waals surface area contributed by atoms with E-state index in [1.165, 1.54) is 4.90 Å². The van der Waals surface area contributed by atoms with Gasteiger partial charge in [0.05, 0.1) is 30.1 Å². The SMILES string of the molecule is COc1ccc2c(O[C@@H]3C[C@H]4C(=O)N[C@]5(C(=O)NS(=O)(=O)C6CC6)C[C@H]5CCCCCCC(NC(=O)OC5CCCC5)C(=O)N4C3)cc(-c3ccccc3)nc2c1. The molecule has 4 amide bonds. The van der Waals surface area contributed by atoms with Crippen molar-refractivity contribution in [2.24, 2.45) is 5.92 Å². The van der Waals surface area contributed by atoms with E-state index in [0.29, 0.717) is 66.6 Å². The van der Waals surface area contributed by atoms with Crippen molar-refractivity contribution in [3.63, 3.8) is 0 Å². The number of amides is 4. The monoisotopic (exact) mass is 801 g/mol. The normalized spacial score (nSPS) is 27.1. The van der Waals surface area contributed by atoms with Gasteiger partial charge < -0.3 is 29.7 Å². The molecule has 14 nitrogen and oxygen atoms in total. The lowest BCUT2D eigenvalue weighted by molar-refractivity contribution is -0.141. The van der Waals surface area contributed by atoms with Crippen molar-refractivity contribution in [1.29, 1.82) is 0 Å². The standard InChI is InChI=1S/C42H51N5O9S/c1-54-29-17-20-32-35(21-29)43-34(26-11-5-4-6-12-26)23-37(32)55-30-22-36-38(48)45-42(40(50)46-57(52,53)31-18-19-31)24-27(42)13-7-2-3-8-16-33(39(49)47(36)25-30)44-41(51)56-28-14-9-10-15-28/h4-6,11-12,17,20-21,23,27-28,30-31,33,36H,2-3,7-10,13-16,18-19,22,24-25H2,1H3,(H,44,51)(H,45,48)(H,46,50)/t27-,30-,33?,36+,42-/m1/s1. The number of nitrogens with zero attached hydrogens (tertiary/aromatic N) is 2. The van der Waals surface area contributed by atoms with Gasteiger partial charge in [-0.15, -0.1) is 0 Å². The van der Waals surface area contributed by atoms with Crippen molar-refractivity contribution in [1.82, 2.24) is 25.2 Å². The highest BCUT2D eigenvalue weighted by Crippen LogP contribution is 2.48. The fourth-order valence-electron chi connectivity index (χ4n) is 8.75. The largest absolute Gasteiger partial charge is 0.497 e. The number of fused-ring (bicyclic) bond motifs is 3. The Balaban J connectivity index is 1.11. The molecule has 5 atom stereocenters. The van der Waals surface area contributed by atoms with E-state index in [2.05, 4.69) is 15.4 Å². The van der Waals surface area contributed by atoms with E-state index in [1.54, 1.807) is 7.11 Å². The van der Waals surface area contributed by atoms with Crippen LogP contribution in [-0.4, -0.2) is 90.9 Å². The fourth-order valence-corrected chi connectivity index (χ4v) is 10.1. The number of aromatic nitrogens is 1. The minimum atomic E-state index is -3.87. The van der Waals surface area contributed by atoms with Crippen molar-refractivity contribution in [3.05, 3.63) is 54.6 Å². The second-order valence-electron chi connectivity index (χ2n) is 16.3. The lowest BCUT2D eigenvalue weighted by atomic mass is 10.0. The molecular weight excluding hydrogens is 751 g/mol. The second kappa shape index (κ2) is 16.1. The number of carbonyl (C=O) groups excluding carboxylic acids is 4. The number of nitrogens with one attached hydrogen (secondary N) is 3. The third-order valence-corrected chi connectivity index (χ3v) is 14.0. The number of benzene rings is 2. The average Bonchev–Trinajstić information content (AvgIpc) is 4.08. The predicted octanol–water partition coefficient (Wildman–Crippen LogP) is 5.13. The van der Waals surface area contributed by atoms with Gasteiger partial charge in [-0.3, -0.25) is 19.1 Å². The van der Waals surface area contributed by atoms with Gasteiger partial charge in [0.2, 0.25) is 21.8 Å². The summed E-state index contributed by atoms with van der Waals surface area (Å²) in [5, 5.41) is 5.89.